The molecule has 0 unspecified atom stereocenters. The molecule has 4 heteroatoms. The van der Waals surface area contributed by atoms with E-state index in [1.165, 1.54) is 20.2 Å². The quantitative estimate of drug-likeness (QED) is 0.232. The molecular weight excluding hydrogens is 496 g/mol. The Balaban J connectivity index is 1.33. The number of nitrogens with zero attached hydrogens (tertiary/aromatic N) is 2. The van der Waals surface area contributed by atoms with Gasteiger partial charge in [-0.15, -0.1) is 11.3 Å². The van der Waals surface area contributed by atoms with Gasteiger partial charge in [-0.05, 0) is 66.0 Å². The van der Waals surface area contributed by atoms with Crippen molar-refractivity contribution in [3.05, 3.63) is 133 Å². The summed E-state index contributed by atoms with van der Waals surface area (Å²) >= 11 is 1.84. The van der Waals surface area contributed by atoms with Crippen LogP contribution in [0.2, 0.25) is 0 Å². The summed E-state index contributed by atoms with van der Waals surface area (Å²) in [4.78, 5) is 7.12. The molecule has 3 nitrogen and oxygen atoms in total. The molecule has 0 radical (unpaired) electrons. The van der Waals surface area contributed by atoms with E-state index in [2.05, 4.69) is 102 Å². The van der Waals surface area contributed by atoms with Gasteiger partial charge in [-0.3, -0.25) is 0 Å². The van der Waals surface area contributed by atoms with Crippen LogP contribution in [-0.4, -0.2) is 4.98 Å². The van der Waals surface area contributed by atoms with Gasteiger partial charge in [0.1, 0.15) is 5.52 Å². The Morgan fingerprint density at radius 2 is 1.23 bits per heavy atom. The van der Waals surface area contributed by atoms with Crippen molar-refractivity contribution in [3.8, 4) is 11.5 Å². The summed E-state index contributed by atoms with van der Waals surface area (Å²) in [5.74, 6) is 0.638. The van der Waals surface area contributed by atoms with Crippen LogP contribution in [0.15, 0.2) is 138 Å². The lowest BCUT2D eigenvalue weighted by molar-refractivity contribution is 0.623. The zero-order valence-corrected chi connectivity index (χ0v) is 21.7. The molecule has 8 rings (SSSR count). The van der Waals surface area contributed by atoms with Crippen LogP contribution in [0, 0.1) is 0 Å². The second-order valence-electron chi connectivity index (χ2n) is 9.65. The Bertz CT molecular complexity index is 2130. The Morgan fingerprint density at radius 1 is 0.538 bits per heavy atom. The highest BCUT2D eigenvalue weighted by Gasteiger charge is 2.17. The monoisotopic (exact) mass is 518 g/mol. The number of hydrogen-bond donors (Lipinski definition) is 0. The number of para-hydroxylation sites is 1. The topological polar surface area (TPSA) is 29.3 Å². The first-order chi connectivity index (χ1) is 19.3. The van der Waals surface area contributed by atoms with Gasteiger partial charge in [0.2, 0.25) is 5.89 Å². The molecule has 6 aromatic carbocycles. The lowest BCUT2D eigenvalue weighted by atomic mass is 10.1. The van der Waals surface area contributed by atoms with Gasteiger partial charge in [0.05, 0.1) is 0 Å². The maximum absolute atomic E-state index is 6.38. The van der Waals surface area contributed by atoms with E-state index < -0.39 is 0 Å². The highest BCUT2D eigenvalue weighted by molar-refractivity contribution is 7.25. The minimum atomic E-state index is 0.638. The number of anilines is 3. The van der Waals surface area contributed by atoms with E-state index in [0.29, 0.717) is 5.89 Å². The van der Waals surface area contributed by atoms with Crippen molar-refractivity contribution >= 4 is 70.4 Å². The standard InChI is InChI=1S/C35H22N2OS/c1-3-9-24(10-4-1)35-36-31-20-16-23-15-17-26(21-30(23)34(31)38-35)37(25-11-5-2-6-12-25)27-18-19-29-28-13-7-8-14-32(28)39-33(29)22-27/h1-22H. The summed E-state index contributed by atoms with van der Waals surface area (Å²) in [6, 6.07) is 46.7. The number of hydrogen-bond acceptors (Lipinski definition) is 4. The zero-order chi connectivity index (χ0) is 25.8. The van der Waals surface area contributed by atoms with E-state index in [0.717, 1.165) is 44.5 Å². The van der Waals surface area contributed by atoms with Gasteiger partial charge in [0.15, 0.2) is 5.58 Å². The largest absolute Gasteiger partial charge is 0.435 e. The highest BCUT2D eigenvalue weighted by atomic mass is 32.1. The maximum atomic E-state index is 6.38. The average molecular weight is 519 g/mol. The van der Waals surface area contributed by atoms with Gasteiger partial charge < -0.3 is 9.32 Å². The number of fused-ring (bicyclic) bond motifs is 6. The third kappa shape index (κ3) is 3.69. The van der Waals surface area contributed by atoms with Gasteiger partial charge in [-0.25, -0.2) is 4.98 Å². The molecule has 0 spiro atoms. The van der Waals surface area contributed by atoms with Gasteiger partial charge >= 0.3 is 0 Å². The summed E-state index contributed by atoms with van der Waals surface area (Å²) in [5.41, 5.74) is 5.93. The molecule has 2 aromatic heterocycles. The molecular formula is C35H22N2OS. The van der Waals surface area contributed by atoms with Gasteiger partial charge in [0.25, 0.3) is 0 Å². The zero-order valence-electron chi connectivity index (χ0n) is 20.9. The fourth-order valence-electron chi connectivity index (χ4n) is 5.41. The minimum Gasteiger partial charge on any atom is -0.435 e. The van der Waals surface area contributed by atoms with Gasteiger partial charge in [-0.2, -0.15) is 0 Å². The van der Waals surface area contributed by atoms with Crippen molar-refractivity contribution in [2.24, 2.45) is 0 Å². The van der Waals surface area contributed by atoms with Crippen LogP contribution in [0.5, 0.6) is 0 Å². The minimum absolute atomic E-state index is 0.638. The van der Waals surface area contributed by atoms with Crippen molar-refractivity contribution < 1.29 is 4.42 Å². The third-order valence-corrected chi connectivity index (χ3v) is 8.40. The lowest BCUT2D eigenvalue weighted by Gasteiger charge is -2.26. The van der Waals surface area contributed by atoms with E-state index in [1.807, 2.05) is 47.7 Å². The SMILES string of the molecule is c1ccc(-c2nc3ccc4ccc(N(c5ccccc5)c5ccc6c(c5)sc5ccccc56)cc4c3o2)cc1. The van der Waals surface area contributed by atoms with Crippen molar-refractivity contribution in [2.45, 2.75) is 0 Å². The van der Waals surface area contributed by atoms with Crippen molar-refractivity contribution in [2.75, 3.05) is 4.90 Å². The normalized spacial score (nSPS) is 11.6. The van der Waals surface area contributed by atoms with E-state index in [1.54, 1.807) is 0 Å². The van der Waals surface area contributed by atoms with E-state index in [-0.39, 0.29) is 0 Å². The van der Waals surface area contributed by atoms with Crippen LogP contribution in [0.25, 0.3) is 53.5 Å². The summed E-state index contributed by atoms with van der Waals surface area (Å²) in [7, 11) is 0. The van der Waals surface area contributed by atoms with Crippen LogP contribution < -0.4 is 4.90 Å². The number of oxazole rings is 1. The van der Waals surface area contributed by atoms with Crippen molar-refractivity contribution in [1.29, 1.82) is 0 Å². The molecule has 2 heterocycles. The number of aromatic nitrogens is 1. The van der Waals surface area contributed by atoms with E-state index in [9.17, 15) is 0 Å². The van der Waals surface area contributed by atoms with Crippen LogP contribution in [0.1, 0.15) is 0 Å². The third-order valence-electron chi connectivity index (χ3n) is 7.27. The summed E-state index contributed by atoms with van der Waals surface area (Å²) < 4.78 is 8.96. The fraction of sp³-hybridized carbons (Fsp3) is 0. The molecule has 8 aromatic rings. The molecule has 184 valence electrons. The molecule has 0 aliphatic rings. The fourth-order valence-corrected chi connectivity index (χ4v) is 6.55. The number of rotatable bonds is 4. The summed E-state index contributed by atoms with van der Waals surface area (Å²) in [6.45, 7) is 0. The Kier molecular flexibility index (Phi) is 5.00. The molecule has 0 bridgehead atoms. The Hall–Kier alpha value is -4.93. The summed E-state index contributed by atoms with van der Waals surface area (Å²) in [5, 5.41) is 4.77. The average Bonchev–Trinajstić information content (AvgIpc) is 3.60. The Labute approximate surface area is 229 Å². The highest BCUT2D eigenvalue weighted by Crippen LogP contribution is 2.42. The van der Waals surface area contributed by atoms with Crippen molar-refractivity contribution in [1.82, 2.24) is 4.98 Å². The predicted molar refractivity (Wildman–Crippen MR) is 165 cm³/mol. The first-order valence-electron chi connectivity index (χ1n) is 13.0. The second kappa shape index (κ2) is 8.83. The molecule has 0 aliphatic carbocycles. The van der Waals surface area contributed by atoms with Gasteiger partial charge in [-0.1, -0.05) is 72.8 Å². The number of benzene rings is 6. The van der Waals surface area contributed by atoms with E-state index in [4.69, 9.17) is 9.40 Å². The molecule has 39 heavy (non-hydrogen) atoms. The molecule has 0 amide bonds. The first kappa shape index (κ1) is 22.1. The first-order valence-corrected chi connectivity index (χ1v) is 13.8. The van der Waals surface area contributed by atoms with Gasteiger partial charge in [0, 0.05) is 48.2 Å². The van der Waals surface area contributed by atoms with Crippen LogP contribution in [-0.2, 0) is 0 Å². The maximum Gasteiger partial charge on any atom is 0.227 e. The molecule has 0 aliphatic heterocycles. The predicted octanol–water partition coefficient (Wildman–Crippen LogP) is 10.5. The van der Waals surface area contributed by atoms with Crippen LogP contribution >= 0.6 is 11.3 Å². The van der Waals surface area contributed by atoms with Crippen molar-refractivity contribution in [3.63, 3.8) is 0 Å². The van der Waals surface area contributed by atoms with E-state index >= 15 is 0 Å². The molecule has 0 atom stereocenters. The lowest BCUT2D eigenvalue weighted by Crippen LogP contribution is -2.09. The molecule has 0 saturated carbocycles. The molecule has 0 fully saturated rings. The molecule has 0 N–H and O–H groups in total. The smallest absolute Gasteiger partial charge is 0.227 e. The summed E-state index contributed by atoms with van der Waals surface area (Å²) in [6.07, 6.45) is 0. The second-order valence-corrected chi connectivity index (χ2v) is 10.7. The van der Waals surface area contributed by atoms with Crippen LogP contribution in [0.4, 0.5) is 17.1 Å². The van der Waals surface area contributed by atoms with Crippen LogP contribution in [0.3, 0.4) is 0 Å². The number of thiophene rings is 1. The Morgan fingerprint density at radius 3 is 2.10 bits per heavy atom. The molecule has 0 saturated heterocycles.